The fraction of sp³-hybridized carbons (Fsp3) is 0.824. The van der Waals surface area contributed by atoms with Crippen molar-refractivity contribution in [3.63, 3.8) is 0 Å². The monoisotopic (exact) mass is 558 g/mol. The van der Waals surface area contributed by atoms with E-state index in [4.69, 9.17) is 8.85 Å². The molecule has 0 heterocycles. The van der Waals surface area contributed by atoms with Crippen molar-refractivity contribution in [1.82, 2.24) is 0 Å². The third-order valence-corrected chi connectivity index (χ3v) is 20.5. The summed E-state index contributed by atoms with van der Waals surface area (Å²) >= 11 is 0. The first-order valence-corrected chi connectivity index (χ1v) is 21.6. The zero-order valence-electron chi connectivity index (χ0n) is 27.4. The summed E-state index contributed by atoms with van der Waals surface area (Å²) < 4.78 is 14.1. The number of allylic oxidation sites excluding steroid dienone is 3. The van der Waals surface area contributed by atoms with E-state index in [1.807, 2.05) is 0 Å². The zero-order valence-corrected chi connectivity index (χ0v) is 29.4. The second kappa shape index (κ2) is 11.5. The van der Waals surface area contributed by atoms with Crippen LogP contribution in [0.3, 0.4) is 0 Å². The Morgan fingerprint density at radius 1 is 0.895 bits per heavy atom. The minimum absolute atomic E-state index is 0.0566. The summed E-state index contributed by atoms with van der Waals surface area (Å²) in [6.45, 7) is 33.1. The van der Waals surface area contributed by atoms with Gasteiger partial charge >= 0.3 is 0 Å². The van der Waals surface area contributed by atoms with E-state index in [2.05, 4.69) is 100 Å². The summed E-state index contributed by atoms with van der Waals surface area (Å²) in [6, 6.07) is 0. The molecule has 0 bridgehead atoms. The van der Waals surface area contributed by atoms with Crippen molar-refractivity contribution in [3.05, 3.63) is 35.5 Å². The molecule has 0 amide bonds. The lowest BCUT2D eigenvalue weighted by atomic mass is 9.63. The summed E-state index contributed by atoms with van der Waals surface area (Å²) in [5.74, 6) is 1.69. The van der Waals surface area contributed by atoms with Crippen LogP contribution < -0.4 is 0 Å². The van der Waals surface area contributed by atoms with Crippen LogP contribution in [0.1, 0.15) is 113 Å². The first kappa shape index (κ1) is 32.1. The van der Waals surface area contributed by atoms with Gasteiger partial charge < -0.3 is 8.85 Å². The van der Waals surface area contributed by atoms with Crippen molar-refractivity contribution in [2.24, 2.45) is 17.3 Å². The van der Waals surface area contributed by atoms with Crippen LogP contribution in [0.4, 0.5) is 0 Å². The number of rotatable bonds is 7. The average molecular weight is 559 g/mol. The van der Waals surface area contributed by atoms with Gasteiger partial charge in [0.25, 0.3) is 0 Å². The molecular formula is C34H62O2Si2. The lowest BCUT2D eigenvalue weighted by Gasteiger charge is -2.46. The Morgan fingerprint density at radius 2 is 1.42 bits per heavy atom. The third-order valence-electron chi connectivity index (χ3n) is 11.5. The smallest absolute Gasteiger partial charge is 0.192 e. The van der Waals surface area contributed by atoms with Gasteiger partial charge in [-0.1, -0.05) is 98.1 Å². The van der Waals surface area contributed by atoms with E-state index in [-0.39, 0.29) is 22.3 Å². The van der Waals surface area contributed by atoms with Gasteiger partial charge in [-0.05, 0) is 104 Å². The molecule has 0 saturated heterocycles. The van der Waals surface area contributed by atoms with Crippen LogP contribution in [0, 0.1) is 17.3 Å². The molecule has 3 rings (SSSR count). The highest BCUT2D eigenvalue weighted by atomic mass is 28.4. The topological polar surface area (TPSA) is 18.5 Å². The van der Waals surface area contributed by atoms with E-state index in [0.29, 0.717) is 5.41 Å². The van der Waals surface area contributed by atoms with Gasteiger partial charge in [-0.15, -0.1) is 0 Å². The molecule has 4 heteroatoms. The molecule has 3 aliphatic carbocycles. The van der Waals surface area contributed by atoms with E-state index >= 15 is 0 Å². The van der Waals surface area contributed by atoms with Gasteiger partial charge in [0.1, 0.15) is 0 Å². The average Bonchev–Trinajstić information content (AvgIpc) is 3.10. The van der Waals surface area contributed by atoms with Crippen LogP contribution in [0.15, 0.2) is 35.5 Å². The van der Waals surface area contributed by atoms with E-state index in [1.165, 1.54) is 56.1 Å². The fourth-order valence-corrected chi connectivity index (χ4v) is 9.46. The fourth-order valence-electron chi connectivity index (χ4n) is 6.86. The Balaban J connectivity index is 1.90. The molecule has 218 valence electrons. The summed E-state index contributed by atoms with van der Waals surface area (Å²) in [5.41, 5.74) is 4.90. The van der Waals surface area contributed by atoms with Crippen molar-refractivity contribution < 1.29 is 8.85 Å². The standard InChI is InChI=1S/C34H62O2Si2/c1-14-16-28-20-21-29-27(17-15-22-34(28,29)9)19-18-26-23-30(35-37(10,11)32(3,4)5)25(2)31(24-26)36-38(12,13)33(6,7)8/h18-19,28-31H,2,14-17,20-24H2,1,3-13H3/b26-18?,27-19+/t28?,29-,30-,31+,34+/m0/s1. The van der Waals surface area contributed by atoms with Crippen molar-refractivity contribution >= 4 is 16.6 Å². The Labute approximate surface area is 239 Å². The molecule has 0 aromatic rings. The molecule has 3 fully saturated rings. The van der Waals surface area contributed by atoms with Crippen molar-refractivity contribution in [2.75, 3.05) is 0 Å². The van der Waals surface area contributed by atoms with Crippen molar-refractivity contribution in [1.29, 1.82) is 0 Å². The number of hydrogen-bond acceptors (Lipinski definition) is 2. The second-order valence-electron chi connectivity index (χ2n) is 16.3. The third kappa shape index (κ3) is 6.72. The first-order valence-electron chi connectivity index (χ1n) is 15.7. The first-order chi connectivity index (χ1) is 17.3. The Kier molecular flexibility index (Phi) is 9.67. The Bertz CT molecular complexity index is 872. The zero-order chi connectivity index (χ0) is 28.7. The van der Waals surface area contributed by atoms with E-state index < -0.39 is 16.6 Å². The van der Waals surface area contributed by atoms with E-state index in [1.54, 1.807) is 5.57 Å². The largest absolute Gasteiger partial charge is 0.410 e. The summed E-state index contributed by atoms with van der Waals surface area (Å²) in [7, 11) is -3.87. The molecule has 0 radical (unpaired) electrons. The number of fused-ring (bicyclic) bond motifs is 1. The van der Waals surface area contributed by atoms with Crippen LogP contribution in [-0.2, 0) is 8.85 Å². The predicted molar refractivity (Wildman–Crippen MR) is 172 cm³/mol. The normalized spacial score (nSPS) is 33.7. The van der Waals surface area contributed by atoms with Crippen molar-refractivity contribution in [3.8, 4) is 0 Å². The Hall–Kier alpha value is -0.426. The van der Waals surface area contributed by atoms with Gasteiger partial charge in [-0.2, -0.15) is 0 Å². The molecule has 3 saturated carbocycles. The molecule has 38 heavy (non-hydrogen) atoms. The van der Waals surface area contributed by atoms with E-state index in [9.17, 15) is 0 Å². The van der Waals surface area contributed by atoms with Crippen LogP contribution in [0.25, 0.3) is 0 Å². The second-order valence-corrected chi connectivity index (χ2v) is 25.8. The molecular weight excluding hydrogens is 497 g/mol. The number of hydrogen-bond donors (Lipinski definition) is 0. The van der Waals surface area contributed by atoms with Gasteiger partial charge in [0, 0.05) is 0 Å². The molecule has 0 aromatic carbocycles. The van der Waals surface area contributed by atoms with E-state index in [0.717, 1.165) is 24.7 Å². The predicted octanol–water partition coefficient (Wildman–Crippen LogP) is 11.0. The summed E-state index contributed by atoms with van der Waals surface area (Å²) in [4.78, 5) is 0. The van der Waals surface area contributed by atoms with Gasteiger partial charge in [0.15, 0.2) is 16.6 Å². The molecule has 0 aliphatic heterocycles. The summed E-state index contributed by atoms with van der Waals surface area (Å²) in [6.07, 6.45) is 16.7. The SMILES string of the molecule is C=C1[C@@H](O[Si](C)(C)C(C)(C)C)CC(=C/C=C2\CCC[C@]3(C)C(CCC)CC[C@@H]23)C[C@H]1O[Si](C)(C)C(C)(C)C. The van der Waals surface area contributed by atoms with Crippen molar-refractivity contribution in [2.45, 2.75) is 162 Å². The Morgan fingerprint density at radius 3 is 1.89 bits per heavy atom. The molecule has 5 atom stereocenters. The molecule has 0 N–H and O–H groups in total. The molecule has 1 unspecified atom stereocenters. The molecule has 0 aromatic heterocycles. The highest BCUT2D eigenvalue weighted by molar-refractivity contribution is 6.74. The van der Waals surface area contributed by atoms with Gasteiger partial charge in [0.2, 0.25) is 0 Å². The van der Waals surface area contributed by atoms with Crippen LogP contribution in [0.2, 0.25) is 36.3 Å². The van der Waals surface area contributed by atoms with Gasteiger partial charge in [0.05, 0.1) is 12.2 Å². The maximum absolute atomic E-state index is 7.05. The quantitative estimate of drug-likeness (QED) is 0.228. The van der Waals surface area contributed by atoms with Crippen LogP contribution >= 0.6 is 0 Å². The molecule has 2 nitrogen and oxygen atoms in total. The maximum atomic E-state index is 7.05. The minimum Gasteiger partial charge on any atom is -0.410 e. The molecule has 0 spiro atoms. The van der Waals surface area contributed by atoms with Gasteiger partial charge in [-0.3, -0.25) is 0 Å². The molecule has 3 aliphatic rings. The van der Waals surface area contributed by atoms with Crippen LogP contribution in [0.5, 0.6) is 0 Å². The van der Waals surface area contributed by atoms with Gasteiger partial charge in [-0.25, -0.2) is 0 Å². The maximum Gasteiger partial charge on any atom is 0.192 e. The minimum atomic E-state index is -1.93. The summed E-state index contributed by atoms with van der Waals surface area (Å²) in [5, 5.41) is 0.354. The highest BCUT2D eigenvalue weighted by Gasteiger charge is 2.49. The lowest BCUT2D eigenvalue weighted by Crippen LogP contribution is -2.49. The van der Waals surface area contributed by atoms with Crippen LogP contribution in [-0.4, -0.2) is 28.8 Å². The highest BCUT2D eigenvalue weighted by Crippen LogP contribution is 2.58. The lowest BCUT2D eigenvalue weighted by molar-refractivity contribution is 0.128.